The van der Waals surface area contributed by atoms with Crippen LogP contribution in [0.15, 0.2) is 59.7 Å². The average molecular weight is 347 g/mol. The summed E-state index contributed by atoms with van der Waals surface area (Å²) < 4.78 is 1.30. The van der Waals surface area contributed by atoms with Gasteiger partial charge in [-0.1, -0.05) is 35.9 Å². The number of nitrogens with zero attached hydrogens (tertiary/aromatic N) is 2. The first-order valence-electron chi connectivity index (χ1n) is 8.43. The minimum absolute atomic E-state index is 0.0765. The molecule has 2 aromatic carbocycles. The molecule has 1 N–H and O–H groups in total. The highest BCUT2D eigenvalue weighted by atomic mass is 16.2. The third-order valence-corrected chi connectivity index (χ3v) is 4.33. The van der Waals surface area contributed by atoms with Crippen molar-refractivity contribution < 1.29 is 4.79 Å². The summed E-state index contributed by atoms with van der Waals surface area (Å²) in [7, 11) is 0. The van der Waals surface area contributed by atoms with Crippen molar-refractivity contribution in [2.75, 3.05) is 5.32 Å². The summed E-state index contributed by atoms with van der Waals surface area (Å²) in [6, 6.07) is 15.0. The molecule has 26 heavy (non-hydrogen) atoms. The van der Waals surface area contributed by atoms with Crippen LogP contribution in [0.1, 0.15) is 16.7 Å². The molecule has 3 rings (SSSR count). The number of carbonyl (C=O) groups excluding carboxylic acids is 1. The minimum Gasteiger partial charge on any atom is -0.325 e. The Bertz CT molecular complexity index is 1000. The summed E-state index contributed by atoms with van der Waals surface area (Å²) in [5, 5.41) is 2.81. The molecule has 132 valence electrons. The van der Waals surface area contributed by atoms with Gasteiger partial charge < -0.3 is 5.32 Å². The quantitative estimate of drug-likeness (QED) is 0.786. The van der Waals surface area contributed by atoms with Gasteiger partial charge in [0.05, 0.1) is 12.0 Å². The molecule has 0 bridgehead atoms. The number of anilines is 1. The van der Waals surface area contributed by atoms with Crippen molar-refractivity contribution in [2.45, 2.75) is 27.3 Å². The number of carbonyl (C=O) groups is 1. The maximum atomic E-state index is 12.3. The van der Waals surface area contributed by atoms with Crippen molar-refractivity contribution >= 4 is 11.6 Å². The summed E-state index contributed by atoms with van der Waals surface area (Å²) >= 11 is 0. The monoisotopic (exact) mass is 347 g/mol. The third kappa shape index (κ3) is 4.06. The fraction of sp³-hybridized carbons (Fsp3) is 0.190. The molecule has 0 fully saturated rings. The molecule has 1 amide bonds. The lowest BCUT2D eigenvalue weighted by Gasteiger charge is -2.09. The first-order valence-corrected chi connectivity index (χ1v) is 8.43. The predicted molar refractivity (Wildman–Crippen MR) is 103 cm³/mol. The maximum absolute atomic E-state index is 12.3. The van der Waals surface area contributed by atoms with E-state index in [1.807, 2.05) is 63.2 Å². The Morgan fingerprint density at radius 2 is 1.73 bits per heavy atom. The van der Waals surface area contributed by atoms with E-state index in [0.717, 1.165) is 27.9 Å². The fourth-order valence-corrected chi connectivity index (χ4v) is 2.60. The van der Waals surface area contributed by atoms with Crippen LogP contribution >= 0.6 is 0 Å². The lowest BCUT2D eigenvalue weighted by molar-refractivity contribution is -0.116. The van der Waals surface area contributed by atoms with Gasteiger partial charge >= 0.3 is 0 Å². The fourth-order valence-electron chi connectivity index (χ4n) is 2.60. The van der Waals surface area contributed by atoms with E-state index in [1.54, 1.807) is 0 Å². The first kappa shape index (κ1) is 17.6. The van der Waals surface area contributed by atoms with Crippen molar-refractivity contribution in [2.24, 2.45) is 0 Å². The number of rotatable bonds is 4. The summed E-state index contributed by atoms with van der Waals surface area (Å²) in [6.07, 6.45) is 1.41. The SMILES string of the molecule is Cc1ccc(-c2cc(=O)n(CC(=O)Nc3ccc(C)c(C)c3)cn2)cc1. The van der Waals surface area contributed by atoms with Crippen LogP contribution in [0.5, 0.6) is 0 Å². The Morgan fingerprint density at radius 3 is 2.38 bits per heavy atom. The number of nitrogens with one attached hydrogen (secondary N) is 1. The van der Waals surface area contributed by atoms with Gasteiger partial charge in [-0.3, -0.25) is 14.2 Å². The zero-order valence-electron chi connectivity index (χ0n) is 15.1. The number of aryl methyl sites for hydroxylation is 3. The van der Waals surface area contributed by atoms with Crippen LogP contribution in [-0.4, -0.2) is 15.5 Å². The van der Waals surface area contributed by atoms with E-state index in [0.29, 0.717) is 5.69 Å². The van der Waals surface area contributed by atoms with Crippen LogP contribution in [0.3, 0.4) is 0 Å². The Labute approximate surface area is 152 Å². The minimum atomic E-state index is -0.264. The van der Waals surface area contributed by atoms with Crippen LogP contribution in [0, 0.1) is 20.8 Å². The average Bonchev–Trinajstić information content (AvgIpc) is 2.60. The molecule has 0 unspecified atom stereocenters. The van der Waals surface area contributed by atoms with E-state index < -0.39 is 0 Å². The first-order chi connectivity index (χ1) is 12.4. The molecule has 1 heterocycles. The molecular formula is C21H21N3O2. The van der Waals surface area contributed by atoms with Gasteiger partial charge in [-0.25, -0.2) is 4.98 Å². The van der Waals surface area contributed by atoms with E-state index in [-0.39, 0.29) is 18.0 Å². The van der Waals surface area contributed by atoms with Gasteiger partial charge in [0.25, 0.3) is 5.56 Å². The van der Waals surface area contributed by atoms with E-state index >= 15 is 0 Å². The molecule has 0 atom stereocenters. The van der Waals surface area contributed by atoms with E-state index in [1.165, 1.54) is 17.0 Å². The van der Waals surface area contributed by atoms with E-state index in [4.69, 9.17) is 0 Å². The van der Waals surface area contributed by atoms with Gasteiger partial charge in [-0.05, 0) is 44.0 Å². The molecule has 3 aromatic rings. The van der Waals surface area contributed by atoms with Crippen molar-refractivity contribution in [3.63, 3.8) is 0 Å². The van der Waals surface area contributed by atoms with Crippen LogP contribution < -0.4 is 10.9 Å². The largest absolute Gasteiger partial charge is 0.325 e. The normalized spacial score (nSPS) is 10.6. The number of hydrogen-bond donors (Lipinski definition) is 1. The van der Waals surface area contributed by atoms with Gasteiger partial charge in [-0.2, -0.15) is 0 Å². The smallest absolute Gasteiger partial charge is 0.254 e. The van der Waals surface area contributed by atoms with Crippen molar-refractivity contribution in [1.82, 2.24) is 9.55 Å². The summed E-state index contributed by atoms with van der Waals surface area (Å²) in [5.41, 5.74) is 5.34. The van der Waals surface area contributed by atoms with Crippen LogP contribution in [0.4, 0.5) is 5.69 Å². The highest BCUT2D eigenvalue weighted by Crippen LogP contribution is 2.16. The highest BCUT2D eigenvalue weighted by Gasteiger charge is 2.08. The molecule has 0 saturated carbocycles. The summed E-state index contributed by atoms with van der Waals surface area (Å²) in [6.45, 7) is 5.93. The van der Waals surface area contributed by atoms with Gasteiger partial charge in [0.2, 0.25) is 5.91 Å². The second-order valence-electron chi connectivity index (χ2n) is 6.45. The van der Waals surface area contributed by atoms with E-state index in [9.17, 15) is 9.59 Å². The van der Waals surface area contributed by atoms with Crippen molar-refractivity contribution in [3.05, 3.63) is 81.9 Å². The maximum Gasteiger partial charge on any atom is 0.254 e. The number of hydrogen-bond acceptors (Lipinski definition) is 3. The zero-order chi connectivity index (χ0) is 18.7. The molecule has 1 aromatic heterocycles. The Kier molecular flexibility index (Phi) is 4.98. The lowest BCUT2D eigenvalue weighted by atomic mass is 10.1. The van der Waals surface area contributed by atoms with Crippen molar-refractivity contribution in [1.29, 1.82) is 0 Å². The predicted octanol–water partition coefficient (Wildman–Crippen LogP) is 3.47. The number of aromatic nitrogens is 2. The summed E-state index contributed by atoms with van der Waals surface area (Å²) in [5.74, 6) is -0.264. The lowest BCUT2D eigenvalue weighted by Crippen LogP contribution is -2.27. The molecule has 0 spiro atoms. The molecule has 5 heteroatoms. The van der Waals surface area contributed by atoms with E-state index in [2.05, 4.69) is 10.3 Å². The molecule has 0 aliphatic carbocycles. The van der Waals surface area contributed by atoms with Gasteiger partial charge in [0.1, 0.15) is 6.54 Å². The molecule has 0 aliphatic heterocycles. The number of benzene rings is 2. The van der Waals surface area contributed by atoms with Crippen molar-refractivity contribution in [3.8, 4) is 11.3 Å². The Hall–Kier alpha value is -3.21. The zero-order valence-corrected chi connectivity index (χ0v) is 15.1. The van der Waals surface area contributed by atoms with Crippen LogP contribution in [0.2, 0.25) is 0 Å². The second-order valence-corrected chi connectivity index (χ2v) is 6.45. The van der Waals surface area contributed by atoms with Gasteiger partial charge in [-0.15, -0.1) is 0 Å². The number of amides is 1. The van der Waals surface area contributed by atoms with Gasteiger partial charge in [0.15, 0.2) is 0 Å². The molecular weight excluding hydrogens is 326 g/mol. The molecule has 0 saturated heterocycles. The molecule has 0 radical (unpaired) electrons. The third-order valence-electron chi connectivity index (χ3n) is 4.33. The molecule has 0 aliphatic rings. The summed E-state index contributed by atoms with van der Waals surface area (Å²) in [4.78, 5) is 28.8. The van der Waals surface area contributed by atoms with Crippen LogP contribution in [-0.2, 0) is 11.3 Å². The van der Waals surface area contributed by atoms with Gasteiger partial charge in [0, 0.05) is 17.3 Å². The highest BCUT2D eigenvalue weighted by molar-refractivity contribution is 5.90. The Balaban J connectivity index is 1.73. The second kappa shape index (κ2) is 7.35. The Morgan fingerprint density at radius 1 is 1.00 bits per heavy atom. The standard InChI is InChI=1S/C21H21N3O2/c1-14-4-7-17(8-5-14)19-11-21(26)24(13-22-19)12-20(25)23-18-9-6-15(2)16(3)10-18/h4-11,13H,12H2,1-3H3,(H,23,25). The molecule has 5 nitrogen and oxygen atoms in total. The van der Waals surface area contributed by atoms with Crippen LogP contribution in [0.25, 0.3) is 11.3 Å². The topological polar surface area (TPSA) is 64.0 Å².